The molecule has 0 saturated carbocycles. The van der Waals surface area contributed by atoms with Gasteiger partial charge in [0.25, 0.3) is 0 Å². The van der Waals surface area contributed by atoms with E-state index in [2.05, 4.69) is 18.7 Å². The summed E-state index contributed by atoms with van der Waals surface area (Å²) in [6.45, 7) is 6.56. The molecule has 3 N–H and O–H groups in total. The normalized spacial score (nSPS) is 34.0. The van der Waals surface area contributed by atoms with Crippen molar-refractivity contribution in [3.63, 3.8) is 0 Å². The maximum atomic E-state index is 8.80. The van der Waals surface area contributed by atoms with Gasteiger partial charge < -0.3 is 10.8 Å². The Labute approximate surface area is 74.5 Å². The van der Waals surface area contributed by atoms with E-state index in [1.165, 1.54) is 6.42 Å². The summed E-state index contributed by atoms with van der Waals surface area (Å²) in [4.78, 5) is 2.37. The van der Waals surface area contributed by atoms with Crippen LogP contribution in [0.15, 0.2) is 0 Å². The van der Waals surface area contributed by atoms with Gasteiger partial charge in [0.2, 0.25) is 0 Å². The highest BCUT2D eigenvalue weighted by Gasteiger charge is 2.26. The molecule has 0 bridgehead atoms. The second kappa shape index (κ2) is 4.21. The summed E-state index contributed by atoms with van der Waals surface area (Å²) in [5.74, 6) is 0.783. The molecule has 0 aliphatic carbocycles. The third-order valence-corrected chi connectivity index (χ3v) is 2.62. The first kappa shape index (κ1) is 9.96. The molecule has 0 radical (unpaired) electrons. The molecule has 0 aromatic carbocycles. The van der Waals surface area contributed by atoms with Crippen molar-refractivity contribution < 1.29 is 5.11 Å². The lowest BCUT2D eigenvalue weighted by Crippen LogP contribution is -2.41. The van der Waals surface area contributed by atoms with E-state index in [0.717, 1.165) is 19.0 Å². The third-order valence-electron chi connectivity index (χ3n) is 2.62. The van der Waals surface area contributed by atoms with Gasteiger partial charge in [0.05, 0.1) is 6.61 Å². The molecule has 0 aromatic rings. The Morgan fingerprint density at radius 1 is 1.58 bits per heavy atom. The number of rotatable bonds is 3. The van der Waals surface area contributed by atoms with Crippen molar-refractivity contribution in [2.24, 2.45) is 11.7 Å². The van der Waals surface area contributed by atoms with Crippen LogP contribution in [0, 0.1) is 5.92 Å². The first-order chi connectivity index (χ1) is 5.63. The number of aliphatic hydroxyl groups is 1. The highest BCUT2D eigenvalue weighted by molar-refractivity contribution is 4.82. The smallest absolute Gasteiger partial charge is 0.0595 e. The molecule has 3 atom stereocenters. The fourth-order valence-corrected chi connectivity index (χ4v) is 2.00. The molecule has 72 valence electrons. The van der Waals surface area contributed by atoms with Crippen LogP contribution in [0.5, 0.6) is 0 Å². The summed E-state index contributed by atoms with van der Waals surface area (Å²) >= 11 is 0. The van der Waals surface area contributed by atoms with Crippen LogP contribution in [0.2, 0.25) is 0 Å². The molecule has 0 spiro atoms. The molecule has 1 rings (SSSR count). The summed E-state index contributed by atoms with van der Waals surface area (Å²) < 4.78 is 0. The van der Waals surface area contributed by atoms with E-state index >= 15 is 0 Å². The fourth-order valence-electron chi connectivity index (χ4n) is 2.00. The van der Waals surface area contributed by atoms with Gasteiger partial charge in [-0.3, -0.25) is 4.90 Å². The van der Waals surface area contributed by atoms with Crippen LogP contribution in [-0.2, 0) is 0 Å². The number of hydrogen-bond acceptors (Lipinski definition) is 3. The quantitative estimate of drug-likeness (QED) is 0.632. The first-order valence-electron chi connectivity index (χ1n) is 4.74. The molecule has 0 aromatic heterocycles. The van der Waals surface area contributed by atoms with Crippen LogP contribution in [0.4, 0.5) is 0 Å². The highest BCUT2D eigenvalue weighted by atomic mass is 16.3. The summed E-state index contributed by atoms with van der Waals surface area (Å²) in [7, 11) is 0. The van der Waals surface area contributed by atoms with Crippen molar-refractivity contribution >= 4 is 0 Å². The number of nitrogens with two attached hydrogens (primary N) is 1. The van der Waals surface area contributed by atoms with Crippen molar-refractivity contribution in [2.45, 2.75) is 32.4 Å². The Hall–Kier alpha value is -0.120. The van der Waals surface area contributed by atoms with Crippen LogP contribution >= 0.6 is 0 Å². The molecule has 1 saturated heterocycles. The minimum atomic E-state index is -0.0715. The zero-order chi connectivity index (χ0) is 9.14. The lowest BCUT2D eigenvalue weighted by atomic mass is 10.1. The maximum absolute atomic E-state index is 8.80. The summed E-state index contributed by atoms with van der Waals surface area (Å²) in [6.07, 6.45) is 1.26. The molecule has 3 heteroatoms. The third kappa shape index (κ3) is 2.44. The average molecular weight is 172 g/mol. The number of nitrogens with zero attached hydrogens (tertiary/aromatic N) is 1. The van der Waals surface area contributed by atoms with E-state index in [1.54, 1.807) is 0 Å². The van der Waals surface area contributed by atoms with Gasteiger partial charge in [0.15, 0.2) is 0 Å². The van der Waals surface area contributed by atoms with Crippen LogP contribution in [0.3, 0.4) is 0 Å². The van der Waals surface area contributed by atoms with Crippen LogP contribution < -0.4 is 5.73 Å². The second-order valence-electron chi connectivity index (χ2n) is 4.09. The molecule has 12 heavy (non-hydrogen) atoms. The summed E-state index contributed by atoms with van der Waals surface area (Å²) in [5.41, 5.74) is 5.67. The molecule has 3 unspecified atom stereocenters. The molecule has 1 aliphatic heterocycles. The van der Waals surface area contributed by atoms with Gasteiger partial charge in [-0.2, -0.15) is 0 Å². The largest absolute Gasteiger partial charge is 0.395 e. The van der Waals surface area contributed by atoms with E-state index in [4.69, 9.17) is 10.8 Å². The monoisotopic (exact) mass is 172 g/mol. The Kier molecular flexibility index (Phi) is 3.50. The van der Waals surface area contributed by atoms with Gasteiger partial charge in [-0.25, -0.2) is 0 Å². The summed E-state index contributed by atoms with van der Waals surface area (Å²) in [5, 5.41) is 8.80. The van der Waals surface area contributed by atoms with Gasteiger partial charge in [-0.15, -0.1) is 0 Å². The Morgan fingerprint density at radius 3 is 2.67 bits per heavy atom. The topological polar surface area (TPSA) is 49.5 Å². The number of likely N-dealkylation sites (tertiary alicyclic amines) is 1. The molecule has 1 aliphatic rings. The fraction of sp³-hybridized carbons (Fsp3) is 1.00. The molecule has 3 nitrogen and oxygen atoms in total. The zero-order valence-electron chi connectivity index (χ0n) is 8.03. The van der Waals surface area contributed by atoms with Gasteiger partial charge in [0.1, 0.15) is 0 Å². The van der Waals surface area contributed by atoms with Gasteiger partial charge in [0, 0.05) is 25.2 Å². The predicted molar refractivity (Wildman–Crippen MR) is 49.9 cm³/mol. The summed E-state index contributed by atoms with van der Waals surface area (Å²) in [6, 6.07) is 0.565. The zero-order valence-corrected chi connectivity index (χ0v) is 8.03. The standard InChI is InChI=1S/C9H20N2O/c1-7-3-8(2)11(4-7)5-9(10)6-12/h7-9,12H,3-6,10H2,1-2H3. The second-order valence-corrected chi connectivity index (χ2v) is 4.09. The maximum Gasteiger partial charge on any atom is 0.0595 e. The van der Waals surface area contributed by atoms with Crippen molar-refractivity contribution in [1.29, 1.82) is 0 Å². The highest BCUT2D eigenvalue weighted by Crippen LogP contribution is 2.21. The molecule has 0 amide bonds. The Balaban J connectivity index is 2.32. The molecule has 1 fully saturated rings. The lowest BCUT2D eigenvalue weighted by Gasteiger charge is -2.23. The molecular formula is C9H20N2O. The van der Waals surface area contributed by atoms with E-state index < -0.39 is 0 Å². The molecular weight excluding hydrogens is 152 g/mol. The minimum absolute atomic E-state index is 0.0715. The van der Waals surface area contributed by atoms with Crippen LogP contribution in [-0.4, -0.2) is 41.8 Å². The lowest BCUT2D eigenvalue weighted by molar-refractivity contribution is 0.196. The number of hydrogen-bond donors (Lipinski definition) is 2. The van der Waals surface area contributed by atoms with Gasteiger partial charge in [-0.05, 0) is 19.3 Å². The van der Waals surface area contributed by atoms with Gasteiger partial charge in [-0.1, -0.05) is 6.92 Å². The van der Waals surface area contributed by atoms with Crippen molar-refractivity contribution in [3.05, 3.63) is 0 Å². The van der Waals surface area contributed by atoms with Crippen molar-refractivity contribution in [3.8, 4) is 0 Å². The van der Waals surface area contributed by atoms with E-state index in [9.17, 15) is 0 Å². The predicted octanol–water partition coefficient (Wildman–Crippen LogP) is 0.0363. The van der Waals surface area contributed by atoms with E-state index in [1.807, 2.05) is 0 Å². The van der Waals surface area contributed by atoms with E-state index in [0.29, 0.717) is 6.04 Å². The number of aliphatic hydroxyl groups excluding tert-OH is 1. The minimum Gasteiger partial charge on any atom is -0.395 e. The molecule has 1 heterocycles. The Morgan fingerprint density at radius 2 is 2.25 bits per heavy atom. The SMILES string of the molecule is CC1CC(C)N(CC(N)CO)C1. The van der Waals surface area contributed by atoms with E-state index in [-0.39, 0.29) is 12.6 Å². The van der Waals surface area contributed by atoms with Crippen molar-refractivity contribution in [2.75, 3.05) is 19.7 Å². The van der Waals surface area contributed by atoms with Crippen molar-refractivity contribution in [1.82, 2.24) is 4.90 Å². The van der Waals surface area contributed by atoms with Gasteiger partial charge >= 0.3 is 0 Å². The Bertz CT molecular complexity index is 140. The van der Waals surface area contributed by atoms with Crippen LogP contribution in [0.1, 0.15) is 20.3 Å². The first-order valence-corrected chi connectivity index (χ1v) is 4.74. The van der Waals surface area contributed by atoms with Crippen LogP contribution in [0.25, 0.3) is 0 Å². The average Bonchev–Trinajstić information content (AvgIpc) is 2.30.